The van der Waals surface area contributed by atoms with Gasteiger partial charge in [-0.25, -0.2) is 12.7 Å². The Morgan fingerprint density at radius 1 is 1.32 bits per heavy atom. The molecule has 1 aliphatic carbocycles. The predicted octanol–water partition coefficient (Wildman–Crippen LogP) is 1.74. The Bertz CT molecular complexity index is 660. The summed E-state index contributed by atoms with van der Waals surface area (Å²) in [4.78, 5) is 11.9. The molecule has 2 fully saturated rings. The van der Waals surface area contributed by atoms with Crippen LogP contribution in [0.25, 0.3) is 0 Å². The van der Waals surface area contributed by atoms with Gasteiger partial charge in [-0.15, -0.1) is 0 Å². The standard InChI is InChI=1S/C15H19ClN2O3S/c16-12-4-2-11(3-5-12)13-10-14(13)17-15(19)6-8-18-7-1-9-22(18,20)21/h2-5,13-14H,1,6-10H2,(H,17,19)/t13-,14+/m0/s1. The predicted molar refractivity (Wildman–Crippen MR) is 85.3 cm³/mol. The fourth-order valence-electron chi connectivity index (χ4n) is 2.88. The van der Waals surface area contributed by atoms with Gasteiger partial charge in [0.15, 0.2) is 0 Å². The molecule has 0 aromatic heterocycles. The monoisotopic (exact) mass is 342 g/mol. The number of nitrogens with zero attached hydrogens (tertiary/aromatic N) is 1. The Balaban J connectivity index is 1.45. The van der Waals surface area contributed by atoms with Gasteiger partial charge >= 0.3 is 0 Å². The van der Waals surface area contributed by atoms with Crippen LogP contribution in [0.1, 0.15) is 30.7 Å². The molecular weight excluding hydrogens is 324 g/mol. The maximum absolute atomic E-state index is 11.9. The summed E-state index contributed by atoms with van der Waals surface area (Å²) in [6.45, 7) is 0.818. The number of nitrogens with one attached hydrogen (secondary N) is 1. The summed E-state index contributed by atoms with van der Waals surface area (Å²) in [5.41, 5.74) is 1.18. The molecule has 1 amide bonds. The Labute approximate surface area is 135 Å². The quantitative estimate of drug-likeness (QED) is 0.886. The molecule has 22 heavy (non-hydrogen) atoms. The van der Waals surface area contributed by atoms with Crippen molar-refractivity contribution in [2.75, 3.05) is 18.8 Å². The number of rotatable bonds is 5. The summed E-state index contributed by atoms with van der Waals surface area (Å²) >= 11 is 5.86. The molecule has 2 aliphatic rings. The highest BCUT2D eigenvalue weighted by Gasteiger charge is 2.39. The van der Waals surface area contributed by atoms with Gasteiger partial charge in [0, 0.05) is 36.5 Å². The summed E-state index contributed by atoms with van der Waals surface area (Å²) in [5, 5.41) is 3.68. The van der Waals surface area contributed by atoms with E-state index in [1.807, 2.05) is 24.3 Å². The first-order valence-corrected chi connectivity index (χ1v) is 9.47. The molecule has 0 radical (unpaired) electrons. The molecule has 0 spiro atoms. The van der Waals surface area contributed by atoms with E-state index in [1.54, 1.807) is 0 Å². The Kier molecular flexibility index (Phi) is 4.43. The number of amides is 1. The SMILES string of the molecule is O=C(CCN1CCCS1(=O)=O)N[C@@H]1C[C@H]1c1ccc(Cl)cc1. The van der Waals surface area contributed by atoms with Crippen molar-refractivity contribution in [1.82, 2.24) is 9.62 Å². The van der Waals surface area contributed by atoms with Gasteiger partial charge in [0.25, 0.3) is 0 Å². The second-order valence-corrected chi connectivity index (χ2v) is 8.41. The minimum absolute atomic E-state index is 0.0800. The lowest BCUT2D eigenvalue weighted by molar-refractivity contribution is -0.121. The van der Waals surface area contributed by atoms with Gasteiger partial charge in [-0.1, -0.05) is 23.7 Å². The molecule has 1 saturated heterocycles. The van der Waals surface area contributed by atoms with Gasteiger partial charge in [0.2, 0.25) is 15.9 Å². The van der Waals surface area contributed by atoms with Crippen LogP contribution in [0.2, 0.25) is 5.02 Å². The number of carbonyl (C=O) groups excluding carboxylic acids is 1. The van der Waals surface area contributed by atoms with Gasteiger partial charge in [0.05, 0.1) is 5.75 Å². The lowest BCUT2D eigenvalue weighted by atomic mass is 10.1. The second kappa shape index (κ2) is 6.18. The normalized spacial score (nSPS) is 26.8. The smallest absolute Gasteiger partial charge is 0.221 e. The first-order chi connectivity index (χ1) is 10.5. The van der Waals surface area contributed by atoms with E-state index in [0.29, 0.717) is 23.9 Å². The minimum Gasteiger partial charge on any atom is -0.353 e. The van der Waals surface area contributed by atoms with Crippen LogP contribution in [0.5, 0.6) is 0 Å². The van der Waals surface area contributed by atoms with Crippen LogP contribution in [-0.4, -0.2) is 43.5 Å². The van der Waals surface area contributed by atoms with Crippen LogP contribution in [0.3, 0.4) is 0 Å². The molecule has 1 heterocycles. The van der Waals surface area contributed by atoms with E-state index in [1.165, 1.54) is 9.87 Å². The van der Waals surface area contributed by atoms with Crippen molar-refractivity contribution in [2.24, 2.45) is 0 Å². The van der Waals surface area contributed by atoms with Crippen molar-refractivity contribution in [3.8, 4) is 0 Å². The second-order valence-electron chi connectivity index (χ2n) is 5.89. The molecule has 1 aromatic carbocycles. The molecule has 0 bridgehead atoms. The summed E-state index contributed by atoms with van der Waals surface area (Å²) < 4.78 is 24.7. The zero-order valence-electron chi connectivity index (χ0n) is 12.2. The lowest BCUT2D eigenvalue weighted by Crippen LogP contribution is -2.33. The van der Waals surface area contributed by atoms with Crippen molar-refractivity contribution in [3.63, 3.8) is 0 Å². The minimum atomic E-state index is -3.11. The van der Waals surface area contributed by atoms with Gasteiger partial charge in [-0.05, 0) is 30.5 Å². The lowest BCUT2D eigenvalue weighted by Gasteiger charge is -2.13. The van der Waals surface area contributed by atoms with E-state index in [0.717, 1.165) is 6.42 Å². The zero-order chi connectivity index (χ0) is 15.7. The van der Waals surface area contributed by atoms with Crippen LogP contribution in [0.15, 0.2) is 24.3 Å². The molecule has 7 heteroatoms. The van der Waals surface area contributed by atoms with E-state index in [4.69, 9.17) is 11.6 Å². The van der Waals surface area contributed by atoms with E-state index in [9.17, 15) is 13.2 Å². The van der Waals surface area contributed by atoms with E-state index in [-0.39, 0.29) is 30.7 Å². The molecular formula is C15H19ClN2O3S. The van der Waals surface area contributed by atoms with Crippen molar-refractivity contribution in [2.45, 2.75) is 31.2 Å². The highest BCUT2D eigenvalue weighted by Crippen LogP contribution is 2.41. The number of hydrogen-bond acceptors (Lipinski definition) is 3. The molecule has 3 rings (SSSR count). The van der Waals surface area contributed by atoms with Gasteiger partial charge in [-0.2, -0.15) is 0 Å². The zero-order valence-corrected chi connectivity index (χ0v) is 13.7. The van der Waals surface area contributed by atoms with Crippen LogP contribution in [0.4, 0.5) is 0 Å². The van der Waals surface area contributed by atoms with Crippen LogP contribution in [0, 0.1) is 0 Å². The Morgan fingerprint density at radius 3 is 2.68 bits per heavy atom. The summed E-state index contributed by atoms with van der Waals surface area (Å²) in [6, 6.07) is 7.83. The fraction of sp³-hybridized carbons (Fsp3) is 0.533. The van der Waals surface area contributed by atoms with Crippen molar-refractivity contribution in [1.29, 1.82) is 0 Å². The number of carbonyl (C=O) groups is 1. The topological polar surface area (TPSA) is 66.5 Å². The van der Waals surface area contributed by atoms with Gasteiger partial charge in [0.1, 0.15) is 0 Å². The van der Waals surface area contributed by atoms with Crippen molar-refractivity contribution >= 4 is 27.5 Å². The Hall–Kier alpha value is -1.11. The fourth-order valence-corrected chi connectivity index (χ4v) is 4.54. The molecule has 1 aromatic rings. The van der Waals surface area contributed by atoms with E-state index in [2.05, 4.69) is 5.32 Å². The maximum atomic E-state index is 11.9. The van der Waals surface area contributed by atoms with Gasteiger partial charge < -0.3 is 5.32 Å². The molecule has 1 aliphatic heterocycles. The average Bonchev–Trinajstić information content (AvgIpc) is 3.13. The third-order valence-corrected chi connectivity index (χ3v) is 6.43. The van der Waals surface area contributed by atoms with E-state index < -0.39 is 10.0 Å². The summed E-state index contributed by atoms with van der Waals surface area (Å²) in [7, 11) is -3.11. The molecule has 5 nitrogen and oxygen atoms in total. The number of sulfonamides is 1. The largest absolute Gasteiger partial charge is 0.353 e. The number of halogens is 1. The van der Waals surface area contributed by atoms with Crippen LogP contribution in [-0.2, 0) is 14.8 Å². The first-order valence-electron chi connectivity index (χ1n) is 7.48. The highest BCUT2D eigenvalue weighted by atomic mass is 35.5. The maximum Gasteiger partial charge on any atom is 0.221 e. The highest BCUT2D eigenvalue weighted by molar-refractivity contribution is 7.89. The third-order valence-electron chi connectivity index (χ3n) is 4.23. The molecule has 1 N–H and O–H groups in total. The molecule has 1 saturated carbocycles. The Morgan fingerprint density at radius 2 is 2.05 bits per heavy atom. The van der Waals surface area contributed by atoms with Crippen LogP contribution >= 0.6 is 11.6 Å². The first kappa shape index (κ1) is 15.8. The van der Waals surface area contributed by atoms with E-state index >= 15 is 0 Å². The number of hydrogen-bond donors (Lipinski definition) is 1. The summed E-state index contributed by atoms with van der Waals surface area (Å²) in [6.07, 6.45) is 1.81. The molecule has 120 valence electrons. The van der Waals surface area contributed by atoms with Crippen LogP contribution < -0.4 is 5.32 Å². The summed E-state index contributed by atoms with van der Waals surface area (Å²) in [5.74, 6) is 0.468. The van der Waals surface area contributed by atoms with Crippen molar-refractivity contribution in [3.05, 3.63) is 34.9 Å². The average molecular weight is 343 g/mol. The van der Waals surface area contributed by atoms with Crippen molar-refractivity contribution < 1.29 is 13.2 Å². The number of benzene rings is 1. The molecule has 0 unspecified atom stereocenters. The van der Waals surface area contributed by atoms with Gasteiger partial charge in [-0.3, -0.25) is 4.79 Å². The third kappa shape index (κ3) is 3.62. The molecule has 2 atom stereocenters.